The Balaban J connectivity index is 1.53. The smallest absolute Gasteiger partial charge is 0.146 e. The SMILES string of the molecule is c1ccc2cc(-n3c4ccccc4c4ccc5c(nc6c7ccccc7c7ccccc7n56)c43)ccc2c1. The first-order chi connectivity index (χ1) is 18.9. The van der Waals surface area contributed by atoms with Crippen LogP contribution in [0.25, 0.3) is 76.6 Å². The van der Waals surface area contributed by atoms with Crippen LogP contribution in [0.2, 0.25) is 0 Å². The van der Waals surface area contributed by atoms with Gasteiger partial charge in [-0.25, -0.2) is 4.98 Å². The van der Waals surface area contributed by atoms with Crippen LogP contribution in [0.15, 0.2) is 127 Å². The number of hydrogen-bond acceptors (Lipinski definition) is 1. The predicted octanol–water partition coefficient (Wildman–Crippen LogP) is 9.04. The molecule has 0 atom stereocenters. The first-order valence-electron chi connectivity index (χ1n) is 13.0. The Hall–Kier alpha value is -5.15. The molecule has 0 aliphatic heterocycles. The molecule has 0 saturated carbocycles. The van der Waals surface area contributed by atoms with Gasteiger partial charge in [-0.1, -0.05) is 91.0 Å². The molecule has 0 aliphatic rings. The molecule has 0 fully saturated rings. The van der Waals surface area contributed by atoms with Crippen LogP contribution in [0.5, 0.6) is 0 Å². The van der Waals surface area contributed by atoms with E-state index in [1.54, 1.807) is 0 Å². The Labute approximate surface area is 217 Å². The topological polar surface area (TPSA) is 22.2 Å². The van der Waals surface area contributed by atoms with Crippen LogP contribution in [0.1, 0.15) is 0 Å². The Morgan fingerprint density at radius 3 is 1.95 bits per heavy atom. The maximum Gasteiger partial charge on any atom is 0.146 e. The van der Waals surface area contributed by atoms with Crippen LogP contribution in [-0.2, 0) is 0 Å². The predicted molar refractivity (Wildman–Crippen MR) is 160 cm³/mol. The summed E-state index contributed by atoms with van der Waals surface area (Å²) >= 11 is 0. The van der Waals surface area contributed by atoms with E-state index >= 15 is 0 Å². The first-order valence-corrected chi connectivity index (χ1v) is 13.0. The van der Waals surface area contributed by atoms with Gasteiger partial charge in [0, 0.05) is 27.2 Å². The zero-order chi connectivity index (χ0) is 24.8. The molecule has 3 heterocycles. The minimum absolute atomic E-state index is 0.997. The number of fused-ring (bicyclic) bond motifs is 13. The highest BCUT2D eigenvalue weighted by molar-refractivity contribution is 6.20. The summed E-state index contributed by atoms with van der Waals surface area (Å²) in [6.07, 6.45) is 0. The molecule has 0 N–H and O–H groups in total. The van der Waals surface area contributed by atoms with Crippen LogP contribution >= 0.6 is 0 Å². The minimum atomic E-state index is 0.997. The summed E-state index contributed by atoms with van der Waals surface area (Å²) < 4.78 is 4.74. The average Bonchev–Trinajstić information content (AvgIpc) is 3.54. The van der Waals surface area contributed by atoms with Gasteiger partial charge in [-0.3, -0.25) is 4.40 Å². The minimum Gasteiger partial charge on any atom is -0.307 e. The van der Waals surface area contributed by atoms with Crippen LogP contribution < -0.4 is 0 Å². The second-order valence-electron chi connectivity index (χ2n) is 10.0. The molecule has 0 aliphatic carbocycles. The molecular weight excluding hydrogens is 462 g/mol. The lowest BCUT2D eigenvalue weighted by atomic mass is 10.1. The fourth-order valence-corrected chi connectivity index (χ4v) is 6.41. The van der Waals surface area contributed by atoms with Crippen molar-refractivity contribution < 1.29 is 0 Å². The maximum atomic E-state index is 5.41. The lowest BCUT2D eigenvalue weighted by Crippen LogP contribution is -1.94. The highest BCUT2D eigenvalue weighted by Gasteiger charge is 2.20. The van der Waals surface area contributed by atoms with Gasteiger partial charge < -0.3 is 4.57 Å². The molecule has 9 aromatic rings. The van der Waals surface area contributed by atoms with E-state index in [1.807, 2.05) is 0 Å². The van der Waals surface area contributed by atoms with Crippen molar-refractivity contribution in [2.45, 2.75) is 0 Å². The number of rotatable bonds is 1. The molecule has 0 spiro atoms. The Morgan fingerprint density at radius 2 is 1.11 bits per heavy atom. The molecule has 3 nitrogen and oxygen atoms in total. The Morgan fingerprint density at radius 1 is 0.447 bits per heavy atom. The third-order valence-electron chi connectivity index (χ3n) is 8.05. The summed E-state index contributed by atoms with van der Waals surface area (Å²) in [6, 6.07) is 45.8. The average molecular weight is 484 g/mol. The molecule has 0 saturated heterocycles. The molecule has 0 unspecified atom stereocenters. The van der Waals surface area contributed by atoms with Crippen molar-refractivity contribution in [2.24, 2.45) is 0 Å². The van der Waals surface area contributed by atoms with Crippen molar-refractivity contribution in [3.63, 3.8) is 0 Å². The summed E-state index contributed by atoms with van der Waals surface area (Å²) in [5.41, 5.74) is 7.81. The van der Waals surface area contributed by atoms with Gasteiger partial charge in [-0.2, -0.15) is 0 Å². The maximum absolute atomic E-state index is 5.41. The van der Waals surface area contributed by atoms with Crippen molar-refractivity contribution in [1.82, 2.24) is 14.0 Å². The fourth-order valence-electron chi connectivity index (χ4n) is 6.41. The number of aromatic nitrogens is 3. The van der Waals surface area contributed by atoms with Gasteiger partial charge in [0.15, 0.2) is 0 Å². The highest BCUT2D eigenvalue weighted by atomic mass is 15.1. The molecule has 176 valence electrons. The number of imidazole rings is 1. The zero-order valence-corrected chi connectivity index (χ0v) is 20.5. The van der Waals surface area contributed by atoms with E-state index in [4.69, 9.17) is 4.98 Å². The van der Waals surface area contributed by atoms with Crippen molar-refractivity contribution in [2.75, 3.05) is 0 Å². The molecular formula is C35H21N3. The van der Waals surface area contributed by atoms with Gasteiger partial charge in [0.05, 0.1) is 22.1 Å². The zero-order valence-electron chi connectivity index (χ0n) is 20.5. The summed E-state index contributed by atoms with van der Waals surface area (Å²) in [4.78, 5) is 5.41. The van der Waals surface area contributed by atoms with Gasteiger partial charge in [0.25, 0.3) is 0 Å². The van der Waals surface area contributed by atoms with E-state index in [1.165, 1.54) is 48.7 Å². The van der Waals surface area contributed by atoms with E-state index in [-0.39, 0.29) is 0 Å². The summed E-state index contributed by atoms with van der Waals surface area (Å²) in [5, 5.41) is 8.58. The normalized spacial score (nSPS) is 12.2. The number of hydrogen-bond donors (Lipinski definition) is 0. The van der Waals surface area contributed by atoms with Gasteiger partial charge in [-0.15, -0.1) is 0 Å². The van der Waals surface area contributed by atoms with Crippen molar-refractivity contribution in [1.29, 1.82) is 0 Å². The quantitative estimate of drug-likeness (QED) is 0.214. The van der Waals surface area contributed by atoms with Crippen LogP contribution in [0.4, 0.5) is 0 Å². The van der Waals surface area contributed by atoms with Crippen LogP contribution in [0.3, 0.4) is 0 Å². The largest absolute Gasteiger partial charge is 0.307 e. The van der Waals surface area contributed by atoms with Gasteiger partial charge in [-0.05, 0) is 52.6 Å². The van der Waals surface area contributed by atoms with Gasteiger partial charge in [0.1, 0.15) is 11.2 Å². The standard InChI is InChI=1S/C35H21N3/c1-2-10-23-21-24(18-17-22(23)9-1)37-30-15-7-6-13-27(30)28-19-20-32-33(34(28)37)36-35-29-14-4-3-11-25(29)26-12-5-8-16-31(26)38(32)35/h1-21H. The summed E-state index contributed by atoms with van der Waals surface area (Å²) in [5.74, 6) is 0. The van der Waals surface area contributed by atoms with E-state index in [0.717, 1.165) is 27.9 Å². The lowest BCUT2D eigenvalue weighted by Gasteiger charge is -2.10. The third kappa shape index (κ3) is 2.50. The van der Waals surface area contributed by atoms with Crippen LogP contribution in [-0.4, -0.2) is 14.0 Å². The molecule has 0 amide bonds. The lowest BCUT2D eigenvalue weighted by molar-refractivity contribution is 1.19. The van der Waals surface area contributed by atoms with Gasteiger partial charge >= 0.3 is 0 Å². The molecule has 3 aromatic heterocycles. The second kappa shape index (κ2) is 7.21. The molecule has 3 heteroatoms. The number of pyridine rings is 1. The van der Waals surface area contributed by atoms with Crippen molar-refractivity contribution in [3.8, 4) is 5.69 Å². The monoisotopic (exact) mass is 483 g/mol. The van der Waals surface area contributed by atoms with Gasteiger partial charge in [0.2, 0.25) is 0 Å². The second-order valence-corrected chi connectivity index (χ2v) is 10.0. The molecule has 6 aromatic carbocycles. The third-order valence-corrected chi connectivity index (χ3v) is 8.05. The summed E-state index contributed by atoms with van der Waals surface area (Å²) in [6.45, 7) is 0. The molecule has 0 radical (unpaired) electrons. The number of benzene rings is 6. The van der Waals surface area contributed by atoms with Crippen molar-refractivity contribution >= 4 is 70.9 Å². The summed E-state index contributed by atoms with van der Waals surface area (Å²) in [7, 11) is 0. The Bertz CT molecular complexity index is 2410. The number of para-hydroxylation sites is 2. The van der Waals surface area contributed by atoms with Crippen molar-refractivity contribution in [3.05, 3.63) is 127 Å². The van der Waals surface area contributed by atoms with E-state index in [2.05, 4.69) is 136 Å². The van der Waals surface area contributed by atoms with E-state index < -0.39 is 0 Å². The molecule has 9 rings (SSSR count). The number of nitrogens with zero attached hydrogens (tertiary/aromatic N) is 3. The molecule has 38 heavy (non-hydrogen) atoms. The highest BCUT2D eigenvalue weighted by Crippen LogP contribution is 2.39. The Kier molecular flexibility index (Phi) is 3.79. The first kappa shape index (κ1) is 20.0. The van der Waals surface area contributed by atoms with E-state index in [0.29, 0.717) is 0 Å². The molecule has 0 bridgehead atoms. The fraction of sp³-hybridized carbons (Fsp3) is 0. The van der Waals surface area contributed by atoms with E-state index in [9.17, 15) is 0 Å². The van der Waals surface area contributed by atoms with Crippen LogP contribution in [0, 0.1) is 0 Å².